The van der Waals surface area contributed by atoms with E-state index in [2.05, 4.69) is 33.4 Å². The second-order valence-corrected chi connectivity index (χ2v) is 5.04. The summed E-state index contributed by atoms with van der Waals surface area (Å²) in [5.74, 6) is -1.01. The van der Waals surface area contributed by atoms with Crippen molar-refractivity contribution >= 4 is 15.9 Å². The van der Waals surface area contributed by atoms with Crippen LogP contribution in [0.15, 0.2) is 28.8 Å². The van der Waals surface area contributed by atoms with E-state index in [1.165, 1.54) is 12.1 Å². The van der Waals surface area contributed by atoms with Crippen LogP contribution in [0.2, 0.25) is 0 Å². The van der Waals surface area contributed by atoms with Crippen LogP contribution < -0.4 is 5.32 Å². The molecular weight excluding hydrogens is 288 g/mol. The summed E-state index contributed by atoms with van der Waals surface area (Å²) >= 11 is 3.07. The average Bonchev–Trinajstić information content (AvgIpc) is 2.35. The molecule has 0 bridgehead atoms. The molecule has 0 aliphatic heterocycles. The molecule has 0 saturated carbocycles. The lowest BCUT2D eigenvalue weighted by molar-refractivity contribution is 0.453. The Kier molecular flexibility index (Phi) is 4.29. The molecule has 0 amide bonds. The second kappa shape index (κ2) is 5.74. The standard InChI is InChI=1S/C13H14BrF2N/c14-11-6-7-12(15)10(13(11)16)8-17-9-4-2-1-3-5-9/h1-2,6-7,9,17H,3-5,8H2. The van der Waals surface area contributed by atoms with Crippen molar-refractivity contribution in [3.8, 4) is 0 Å². The smallest absolute Gasteiger partial charge is 0.144 e. The molecule has 1 aliphatic rings. The minimum Gasteiger partial charge on any atom is -0.309 e. The zero-order valence-corrected chi connectivity index (χ0v) is 10.9. The molecule has 2 rings (SSSR count). The van der Waals surface area contributed by atoms with Crippen molar-refractivity contribution in [2.24, 2.45) is 0 Å². The van der Waals surface area contributed by atoms with Gasteiger partial charge in [-0.3, -0.25) is 0 Å². The number of benzene rings is 1. The van der Waals surface area contributed by atoms with E-state index in [1.54, 1.807) is 0 Å². The molecule has 17 heavy (non-hydrogen) atoms. The summed E-state index contributed by atoms with van der Waals surface area (Å²) in [6, 6.07) is 2.99. The van der Waals surface area contributed by atoms with Crippen LogP contribution in [-0.2, 0) is 6.54 Å². The molecule has 1 aromatic carbocycles. The Morgan fingerprint density at radius 1 is 1.29 bits per heavy atom. The van der Waals surface area contributed by atoms with Crippen molar-refractivity contribution in [1.29, 1.82) is 0 Å². The SMILES string of the molecule is Fc1ccc(Br)c(F)c1CNC1CC=CCC1. The van der Waals surface area contributed by atoms with E-state index in [0.717, 1.165) is 19.3 Å². The molecule has 92 valence electrons. The van der Waals surface area contributed by atoms with Crippen LogP contribution in [0.4, 0.5) is 8.78 Å². The third kappa shape index (κ3) is 3.13. The summed E-state index contributed by atoms with van der Waals surface area (Å²) in [5, 5.41) is 3.19. The van der Waals surface area contributed by atoms with Crippen LogP contribution >= 0.6 is 15.9 Å². The lowest BCUT2D eigenvalue weighted by atomic mass is 10.0. The molecule has 1 nitrogen and oxygen atoms in total. The summed E-state index contributed by atoms with van der Waals surface area (Å²) in [6.45, 7) is 0.232. The van der Waals surface area contributed by atoms with E-state index < -0.39 is 11.6 Å². The monoisotopic (exact) mass is 301 g/mol. The van der Waals surface area contributed by atoms with Crippen LogP contribution in [0.1, 0.15) is 24.8 Å². The van der Waals surface area contributed by atoms with Crippen molar-refractivity contribution in [3.05, 3.63) is 46.0 Å². The largest absolute Gasteiger partial charge is 0.309 e. The fourth-order valence-electron chi connectivity index (χ4n) is 1.96. The summed E-state index contributed by atoms with van der Waals surface area (Å²) in [5.41, 5.74) is 0.105. The molecule has 0 fully saturated rings. The van der Waals surface area contributed by atoms with Gasteiger partial charge in [0.15, 0.2) is 0 Å². The highest BCUT2D eigenvalue weighted by Gasteiger charge is 2.14. The van der Waals surface area contributed by atoms with Gasteiger partial charge in [-0.1, -0.05) is 12.2 Å². The predicted octanol–water partition coefficient (Wildman–Crippen LogP) is 3.93. The van der Waals surface area contributed by atoms with Gasteiger partial charge in [-0.05, 0) is 47.3 Å². The molecule has 1 unspecified atom stereocenters. The normalized spacial score (nSPS) is 19.6. The van der Waals surface area contributed by atoms with Crippen molar-refractivity contribution in [2.75, 3.05) is 0 Å². The Labute approximate surface area is 108 Å². The molecule has 0 aromatic heterocycles. The zero-order chi connectivity index (χ0) is 12.3. The minimum atomic E-state index is -0.510. The van der Waals surface area contributed by atoms with Crippen LogP contribution in [0.3, 0.4) is 0 Å². The van der Waals surface area contributed by atoms with Gasteiger partial charge in [-0.25, -0.2) is 8.78 Å². The fraction of sp³-hybridized carbons (Fsp3) is 0.385. The van der Waals surface area contributed by atoms with Gasteiger partial charge in [0.25, 0.3) is 0 Å². The zero-order valence-electron chi connectivity index (χ0n) is 9.35. The first-order valence-corrected chi connectivity index (χ1v) is 6.48. The first-order chi connectivity index (χ1) is 8.18. The lowest BCUT2D eigenvalue weighted by Gasteiger charge is -2.19. The predicted molar refractivity (Wildman–Crippen MR) is 67.7 cm³/mol. The molecule has 0 heterocycles. The molecule has 0 radical (unpaired) electrons. The quantitative estimate of drug-likeness (QED) is 0.659. The first-order valence-electron chi connectivity index (χ1n) is 5.69. The maximum atomic E-state index is 13.7. The molecule has 4 heteroatoms. The first kappa shape index (κ1) is 12.7. The Hall–Kier alpha value is -0.740. The number of hydrogen-bond acceptors (Lipinski definition) is 1. The highest BCUT2D eigenvalue weighted by Crippen LogP contribution is 2.22. The lowest BCUT2D eigenvalue weighted by Crippen LogP contribution is -2.29. The summed E-state index contributed by atoms with van der Waals surface area (Å²) in [4.78, 5) is 0. The van der Waals surface area contributed by atoms with Gasteiger partial charge in [-0.15, -0.1) is 0 Å². The van der Waals surface area contributed by atoms with Crippen molar-refractivity contribution < 1.29 is 8.78 Å². The Balaban J connectivity index is 2.03. The second-order valence-electron chi connectivity index (χ2n) is 4.18. The number of nitrogens with one attached hydrogen (secondary N) is 1. The number of rotatable bonds is 3. The molecular formula is C13H14BrF2N. The van der Waals surface area contributed by atoms with Crippen LogP contribution in [-0.4, -0.2) is 6.04 Å². The number of hydrogen-bond donors (Lipinski definition) is 1. The van der Waals surface area contributed by atoms with E-state index in [-0.39, 0.29) is 12.1 Å². The average molecular weight is 302 g/mol. The Morgan fingerprint density at radius 3 is 2.82 bits per heavy atom. The molecule has 1 atom stereocenters. The molecule has 0 spiro atoms. The van der Waals surface area contributed by atoms with E-state index in [4.69, 9.17) is 0 Å². The van der Waals surface area contributed by atoms with Crippen LogP contribution in [0, 0.1) is 11.6 Å². The van der Waals surface area contributed by atoms with E-state index in [1.807, 2.05) is 0 Å². The fourth-order valence-corrected chi connectivity index (χ4v) is 2.33. The Bertz CT molecular complexity index is 432. The number of allylic oxidation sites excluding steroid dienone is 1. The molecule has 1 N–H and O–H groups in total. The third-order valence-electron chi connectivity index (χ3n) is 2.98. The topological polar surface area (TPSA) is 12.0 Å². The van der Waals surface area contributed by atoms with Gasteiger partial charge >= 0.3 is 0 Å². The third-order valence-corrected chi connectivity index (χ3v) is 3.59. The maximum Gasteiger partial charge on any atom is 0.144 e. The minimum absolute atomic E-state index is 0.105. The van der Waals surface area contributed by atoms with E-state index >= 15 is 0 Å². The molecule has 1 aromatic rings. The molecule has 1 aliphatic carbocycles. The van der Waals surface area contributed by atoms with Gasteiger partial charge in [0.1, 0.15) is 11.6 Å². The number of halogens is 3. The van der Waals surface area contributed by atoms with E-state index in [9.17, 15) is 8.78 Å². The summed E-state index contributed by atoms with van der Waals surface area (Å²) in [6.07, 6.45) is 7.22. The van der Waals surface area contributed by atoms with Gasteiger partial charge in [-0.2, -0.15) is 0 Å². The highest BCUT2D eigenvalue weighted by atomic mass is 79.9. The van der Waals surface area contributed by atoms with Gasteiger partial charge < -0.3 is 5.32 Å². The highest BCUT2D eigenvalue weighted by molar-refractivity contribution is 9.10. The van der Waals surface area contributed by atoms with Gasteiger partial charge in [0.05, 0.1) is 4.47 Å². The van der Waals surface area contributed by atoms with Crippen molar-refractivity contribution in [1.82, 2.24) is 5.32 Å². The molecule has 0 saturated heterocycles. The van der Waals surface area contributed by atoms with Crippen LogP contribution in [0.25, 0.3) is 0 Å². The maximum absolute atomic E-state index is 13.7. The van der Waals surface area contributed by atoms with Crippen LogP contribution in [0.5, 0.6) is 0 Å². The summed E-state index contributed by atoms with van der Waals surface area (Å²) in [7, 11) is 0. The van der Waals surface area contributed by atoms with Crippen molar-refractivity contribution in [3.63, 3.8) is 0 Å². The summed E-state index contributed by atoms with van der Waals surface area (Å²) < 4.78 is 27.5. The van der Waals surface area contributed by atoms with Gasteiger partial charge in [0, 0.05) is 18.2 Å². The Morgan fingerprint density at radius 2 is 2.12 bits per heavy atom. The van der Waals surface area contributed by atoms with E-state index in [0.29, 0.717) is 10.5 Å². The van der Waals surface area contributed by atoms with Crippen molar-refractivity contribution in [2.45, 2.75) is 31.8 Å². The van der Waals surface area contributed by atoms with Gasteiger partial charge in [0.2, 0.25) is 0 Å².